The number of rotatable bonds is 6. The van der Waals surface area contributed by atoms with E-state index in [2.05, 4.69) is 16.0 Å². The van der Waals surface area contributed by atoms with Gasteiger partial charge in [0.1, 0.15) is 29.8 Å². The van der Waals surface area contributed by atoms with E-state index in [1.54, 1.807) is 0 Å². The number of fused-ring (bicyclic) bond motifs is 1. The molecule has 0 bridgehead atoms. The topological polar surface area (TPSA) is 134 Å². The predicted octanol–water partition coefficient (Wildman–Crippen LogP) is 2.79. The van der Waals surface area contributed by atoms with Gasteiger partial charge in [-0.3, -0.25) is 14.3 Å². The van der Waals surface area contributed by atoms with E-state index in [4.69, 9.17) is 9.72 Å². The second-order valence-electron chi connectivity index (χ2n) is 8.07. The van der Waals surface area contributed by atoms with E-state index in [1.807, 2.05) is 35.2 Å². The molecule has 1 N–H and O–H groups in total. The van der Waals surface area contributed by atoms with Crippen LogP contribution in [0.5, 0.6) is 5.75 Å². The second-order valence-corrected chi connectivity index (χ2v) is 8.07. The molecule has 1 atom stereocenters. The molecule has 1 fully saturated rings. The van der Waals surface area contributed by atoms with Crippen LogP contribution in [0.25, 0.3) is 16.9 Å². The lowest BCUT2D eigenvalue weighted by atomic mass is 10.1. The van der Waals surface area contributed by atoms with Crippen molar-refractivity contribution in [3.63, 3.8) is 0 Å². The maximum Gasteiger partial charge on any atom is 0.341 e. The number of nitrogens with zero attached hydrogens (tertiary/aromatic N) is 6. The minimum absolute atomic E-state index is 0.0205. The van der Waals surface area contributed by atoms with Crippen LogP contribution in [0, 0.1) is 11.3 Å². The van der Waals surface area contributed by atoms with E-state index in [9.17, 15) is 20.0 Å². The van der Waals surface area contributed by atoms with E-state index in [0.29, 0.717) is 24.8 Å². The number of benzene rings is 1. The Kier molecular flexibility index (Phi) is 5.81. The van der Waals surface area contributed by atoms with Gasteiger partial charge in [0.15, 0.2) is 11.5 Å². The summed E-state index contributed by atoms with van der Waals surface area (Å²) in [7, 11) is 0. The normalized spacial score (nSPS) is 15.2. The largest absolute Gasteiger partial charge is 0.491 e. The Morgan fingerprint density at radius 3 is 2.80 bits per heavy atom. The number of anilines is 1. The first-order chi connectivity index (χ1) is 17.1. The van der Waals surface area contributed by atoms with Gasteiger partial charge in [-0.05, 0) is 31.0 Å². The molecule has 4 heterocycles. The van der Waals surface area contributed by atoms with Gasteiger partial charge in [0.25, 0.3) is 0 Å². The first kappa shape index (κ1) is 22.0. The van der Waals surface area contributed by atoms with Gasteiger partial charge < -0.3 is 14.7 Å². The van der Waals surface area contributed by atoms with Gasteiger partial charge in [0.2, 0.25) is 5.43 Å². The van der Waals surface area contributed by atoms with Crippen molar-refractivity contribution in [3.05, 3.63) is 82.5 Å². The SMILES string of the molecule is N#Cc1cc2c(=O)c(C(=O)O)cn(-c3cnccn3)c2nc1N1CCC[C@@H]1COc1ccccc1. The van der Waals surface area contributed by atoms with E-state index in [-0.39, 0.29) is 22.6 Å². The maximum absolute atomic E-state index is 13.0. The Labute approximate surface area is 199 Å². The molecule has 1 aliphatic rings. The van der Waals surface area contributed by atoms with Gasteiger partial charge in [0, 0.05) is 25.1 Å². The number of hydrogen-bond acceptors (Lipinski definition) is 8. The molecule has 174 valence electrons. The summed E-state index contributed by atoms with van der Waals surface area (Å²) in [5, 5.41) is 19.5. The second kappa shape index (κ2) is 9.23. The number of nitriles is 1. The molecule has 0 radical (unpaired) electrons. The van der Waals surface area contributed by atoms with Crippen LogP contribution in [0.4, 0.5) is 5.82 Å². The van der Waals surface area contributed by atoms with Crippen LogP contribution in [0.15, 0.2) is 66.0 Å². The number of carbonyl (C=O) groups is 1. The third-order valence-corrected chi connectivity index (χ3v) is 5.94. The van der Waals surface area contributed by atoms with Gasteiger partial charge >= 0.3 is 5.97 Å². The Hall–Kier alpha value is -4.78. The Balaban J connectivity index is 1.63. The summed E-state index contributed by atoms with van der Waals surface area (Å²) in [6, 6.07) is 13.0. The average molecular weight is 468 g/mol. The highest BCUT2D eigenvalue weighted by Gasteiger charge is 2.30. The van der Waals surface area contributed by atoms with Crippen molar-refractivity contribution in [1.29, 1.82) is 5.26 Å². The molecule has 1 saturated heterocycles. The predicted molar refractivity (Wildman–Crippen MR) is 127 cm³/mol. The number of aromatic nitrogens is 4. The molecule has 5 rings (SSSR count). The highest BCUT2D eigenvalue weighted by atomic mass is 16.5. The third kappa shape index (κ3) is 4.15. The minimum Gasteiger partial charge on any atom is -0.491 e. The molecule has 10 heteroatoms. The van der Waals surface area contributed by atoms with Gasteiger partial charge in [-0.25, -0.2) is 14.8 Å². The van der Waals surface area contributed by atoms with E-state index in [0.717, 1.165) is 18.6 Å². The highest BCUT2D eigenvalue weighted by molar-refractivity contribution is 5.93. The van der Waals surface area contributed by atoms with Crippen molar-refractivity contribution in [2.45, 2.75) is 18.9 Å². The van der Waals surface area contributed by atoms with Crippen LogP contribution in [0.1, 0.15) is 28.8 Å². The minimum atomic E-state index is -1.38. The summed E-state index contributed by atoms with van der Waals surface area (Å²) >= 11 is 0. The standard InChI is InChI=1S/C25H20N6O4/c26-12-16-11-19-22(32)20(25(33)34)14-31(21-13-27-8-9-28-21)24(19)29-23(16)30-10-4-5-17(30)15-35-18-6-2-1-3-7-18/h1-3,6-9,11,13-14,17H,4-5,10,15H2,(H,33,34)/t17-/m1/s1. The summed E-state index contributed by atoms with van der Waals surface area (Å²) in [4.78, 5) is 39.7. The fourth-order valence-electron chi connectivity index (χ4n) is 4.28. The summed E-state index contributed by atoms with van der Waals surface area (Å²) < 4.78 is 7.39. The first-order valence-electron chi connectivity index (χ1n) is 11.0. The molecule has 1 aliphatic heterocycles. The van der Waals surface area contributed by atoms with Crippen LogP contribution < -0.4 is 15.1 Å². The summed E-state index contributed by atoms with van der Waals surface area (Å²) in [5.74, 6) is 0.0895. The third-order valence-electron chi connectivity index (χ3n) is 5.94. The van der Waals surface area contributed by atoms with Crippen molar-refractivity contribution in [2.24, 2.45) is 0 Å². The summed E-state index contributed by atoms with van der Waals surface area (Å²) in [5.41, 5.74) is -0.774. The number of para-hydroxylation sites is 1. The fraction of sp³-hybridized carbons (Fsp3) is 0.200. The molecule has 0 spiro atoms. The van der Waals surface area contributed by atoms with Crippen molar-refractivity contribution in [2.75, 3.05) is 18.1 Å². The van der Waals surface area contributed by atoms with Crippen LogP contribution in [-0.4, -0.2) is 49.8 Å². The number of hydrogen-bond donors (Lipinski definition) is 1. The van der Waals surface area contributed by atoms with E-state index in [1.165, 1.54) is 35.4 Å². The lowest BCUT2D eigenvalue weighted by molar-refractivity contribution is 0.0695. The fourth-order valence-corrected chi connectivity index (χ4v) is 4.28. The van der Waals surface area contributed by atoms with Gasteiger partial charge in [-0.15, -0.1) is 0 Å². The lowest BCUT2D eigenvalue weighted by Crippen LogP contribution is -2.35. The number of pyridine rings is 2. The zero-order valence-corrected chi connectivity index (χ0v) is 18.5. The number of aromatic carboxylic acids is 1. The highest BCUT2D eigenvalue weighted by Crippen LogP contribution is 2.30. The Morgan fingerprint density at radius 2 is 2.09 bits per heavy atom. The summed E-state index contributed by atoms with van der Waals surface area (Å²) in [6.45, 7) is 1.07. The Morgan fingerprint density at radius 1 is 1.26 bits per heavy atom. The van der Waals surface area contributed by atoms with Gasteiger partial charge in [0.05, 0.1) is 23.2 Å². The van der Waals surface area contributed by atoms with Crippen LogP contribution in [0.3, 0.4) is 0 Å². The summed E-state index contributed by atoms with van der Waals surface area (Å²) in [6.07, 6.45) is 7.33. The zero-order valence-electron chi connectivity index (χ0n) is 18.5. The monoisotopic (exact) mass is 468 g/mol. The van der Waals surface area contributed by atoms with E-state index < -0.39 is 17.0 Å². The average Bonchev–Trinajstić information content (AvgIpc) is 3.36. The van der Waals surface area contributed by atoms with E-state index >= 15 is 0 Å². The molecule has 0 saturated carbocycles. The van der Waals surface area contributed by atoms with Gasteiger partial charge in [-0.1, -0.05) is 18.2 Å². The number of ether oxygens (including phenoxy) is 1. The molecule has 3 aromatic heterocycles. The molecule has 1 aromatic carbocycles. The molecule has 0 aliphatic carbocycles. The van der Waals surface area contributed by atoms with Crippen LogP contribution in [-0.2, 0) is 0 Å². The number of carboxylic acid groups (broad SMARTS) is 1. The quantitative estimate of drug-likeness (QED) is 0.453. The van der Waals surface area contributed by atoms with Gasteiger partial charge in [-0.2, -0.15) is 5.26 Å². The molecule has 10 nitrogen and oxygen atoms in total. The lowest BCUT2D eigenvalue weighted by Gasteiger charge is -2.27. The molecule has 0 unspecified atom stereocenters. The van der Waals surface area contributed by atoms with Crippen LogP contribution >= 0.6 is 0 Å². The van der Waals surface area contributed by atoms with Crippen LogP contribution in [0.2, 0.25) is 0 Å². The smallest absolute Gasteiger partial charge is 0.341 e. The van der Waals surface area contributed by atoms with Crippen molar-refractivity contribution in [3.8, 4) is 17.6 Å². The van der Waals surface area contributed by atoms with Crippen molar-refractivity contribution < 1.29 is 14.6 Å². The molecule has 4 aromatic rings. The molecular weight excluding hydrogens is 448 g/mol. The molecular formula is C25H20N6O4. The first-order valence-corrected chi connectivity index (χ1v) is 11.0. The Bertz CT molecular complexity index is 1500. The van der Waals surface area contributed by atoms with Crippen molar-refractivity contribution >= 4 is 22.8 Å². The van der Waals surface area contributed by atoms with Crippen molar-refractivity contribution in [1.82, 2.24) is 19.5 Å². The zero-order chi connectivity index (χ0) is 24.4. The molecule has 0 amide bonds. The molecule has 35 heavy (non-hydrogen) atoms. The maximum atomic E-state index is 13.0. The number of carboxylic acids is 1.